The Balaban J connectivity index is 1.69. The van der Waals surface area contributed by atoms with E-state index in [9.17, 15) is 13.2 Å². The van der Waals surface area contributed by atoms with Crippen molar-refractivity contribution in [1.29, 1.82) is 0 Å². The van der Waals surface area contributed by atoms with Crippen LogP contribution in [0, 0.1) is 6.92 Å². The minimum atomic E-state index is -3.67. The van der Waals surface area contributed by atoms with Gasteiger partial charge in [0, 0.05) is 5.75 Å². The van der Waals surface area contributed by atoms with Gasteiger partial charge in [-0.05, 0) is 12.5 Å². The number of carbonyl (C=O) groups excluding carboxylic acids is 1. The maximum atomic E-state index is 12.5. The molecule has 0 fully saturated rings. The number of anilines is 1. The Morgan fingerprint density at radius 1 is 1.31 bits per heavy atom. The van der Waals surface area contributed by atoms with Gasteiger partial charge in [-0.3, -0.25) is 10.1 Å². The molecule has 0 unspecified atom stereocenters. The number of hydrogen-bond donors (Lipinski definition) is 1. The van der Waals surface area contributed by atoms with Crippen molar-refractivity contribution in [3.05, 3.63) is 52.3 Å². The summed E-state index contributed by atoms with van der Waals surface area (Å²) in [6.07, 6.45) is 1.09. The summed E-state index contributed by atoms with van der Waals surface area (Å²) in [5.41, 5.74) is 2.10. The highest BCUT2D eigenvalue weighted by atomic mass is 35.5. The van der Waals surface area contributed by atoms with Crippen molar-refractivity contribution in [3.63, 3.8) is 0 Å². The SMILES string of the molecule is CCS(=O)(=O)c1ncc(Cl)c(C(=O)Nc2nnc(SCc3cccc(C)c3)s2)n1. The van der Waals surface area contributed by atoms with Gasteiger partial charge in [-0.2, -0.15) is 0 Å². The molecule has 2 aromatic heterocycles. The van der Waals surface area contributed by atoms with Gasteiger partial charge in [0.2, 0.25) is 20.1 Å². The first-order valence-electron chi connectivity index (χ1n) is 8.37. The number of nitrogens with zero attached hydrogens (tertiary/aromatic N) is 4. The number of sulfone groups is 1. The largest absolute Gasteiger partial charge is 0.295 e. The Morgan fingerprint density at radius 3 is 2.83 bits per heavy atom. The molecule has 0 saturated carbocycles. The third-order valence-corrected chi connectivity index (χ3v) is 7.50. The smallest absolute Gasteiger partial charge is 0.277 e. The third-order valence-electron chi connectivity index (χ3n) is 3.67. The number of nitrogens with one attached hydrogen (secondary N) is 1. The third kappa shape index (κ3) is 5.50. The number of hydrogen-bond acceptors (Lipinski definition) is 9. The van der Waals surface area contributed by atoms with Crippen LogP contribution in [0.3, 0.4) is 0 Å². The quantitative estimate of drug-likeness (QED) is 0.317. The summed E-state index contributed by atoms with van der Waals surface area (Å²) in [5.74, 6) is -0.148. The Kier molecular flexibility index (Phi) is 6.83. The van der Waals surface area contributed by atoms with E-state index in [0.29, 0.717) is 4.34 Å². The summed E-state index contributed by atoms with van der Waals surface area (Å²) < 4.78 is 24.6. The average Bonchev–Trinajstić information content (AvgIpc) is 3.14. The molecule has 152 valence electrons. The number of halogens is 1. The lowest BCUT2D eigenvalue weighted by atomic mass is 10.2. The van der Waals surface area contributed by atoms with E-state index in [1.807, 2.05) is 25.1 Å². The second-order valence-corrected chi connectivity index (χ2v) is 10.6. The number of thioether (sulfide) groups is 1. The van der Waals surface area contributed by atoms with Crippen molar-refractivity contribution in [3.8, 4) is 0 Å². The van der Waals surface area contributed by atoms with Crippen molar-refractivity contribution < 1.29 is 13.2 Å². The number of rotatable bonds is 7. The zero-order valence-electron chi connectivity index (χ0n) is 15.4. The summed E-state index contributed by atoms with van der Waals surface area (Å²) >= 11 is 8.67. The summed E-state index contributed by atoms with van der Waals surface area (Å²) in [6, 6.07) is 8.15. The molecule has 0 bridgehead atoms. The maximum Gasteiger partial charge on any atom is 0.277 e. The number of aromatic nitrogens is 4. The van der Waals surface area contributed by atoms with Crippen molar-refractivity contribution >= 4 is 55.6 Å². The van der Waals surface area contributed by atoms with E-state index < -0.39 is 20.9 Å². The predicted molar refractivity (Wildman–Crippen MR) is 113 cm³/mol. The van der Waals surface area contributed by atoms with Gasteiger partial charge in [-0.15, -0.1) is 10.2 Å². The molecule has 1 aromatic carbocycles. The van der Waals surface area contributed by atoms with E-state index in [0.717, 1.165) is 17.5 Å². The van der Waals surface area contributed by atoms with E-state index in [4.69, 9.17) is 11.6 Å². The second-order valence-electron chi connectivity index (χ2n) is 5.86. The Morgan fingerprint density at radius 2 is 2.10 bits per heavy atom. The predicted octanol–water partition coefficient (Wildman–Crippen LogP) is 3.63. The van der Waals surface area contributed by atoms with Crippen molar-refractivity contribution in [2.45, 2.75) is 29.1 Å². The molecule has 0 saturated heterocycles. The molecular weight excluding hydrogens is 454 g/mol. The van der Waals surface area contributed by atoms with Gasteiger partial charge in [0.15, 0.2) is 10.0 Å². The molecule has 0 aliphatic rings. The van der Waals surface area contributed by atoms with E-state index in [-0.39, 0.29) is 21.6 Å². The number of aryl methyl sites for hydroxylation is 1. The van der Waals surface area contributed by atoms with E-state index in [1.165, 1.54) is 35.6 Å². The molecule has 2 heterocycles. The van der Waals surface area contributed by atoms with Crippen LogP contribution in [0.15, 0.2) is 40.0 Å². The van der Waals surface area contributed by atoms with E-state index in [1.54, 1.807) is 0 Å². The second kappa shape index (κ2) is 9.16. The molecule has 3 rings (SSSR count). The first kappa shape index (κ1) is 21.6. The van der Waals surface area contributed by atoms with Crippen LogP contribution in [0.25, 0.3) is 0 Å². The van der Waals surface area contributed by atoms with Gasteiger partial charge in [0.05, 0.1) is 17.0 Å². The Bertz CT molecular complexity index is 1150. The highest BCUT2D eigenvalue weighted by Crippen LogP contribution is 2.29. The Hall–Kier alpha value is -2.08. The number of carbonyl (C=O) groups is 1. The van der Waals surface area contributed by atoms with Crippen LogP contribution >= 0.6 is 34.7 Å². The van der Waals surface area contributed by atoms with Crippen molar-refractivity contribution in [1.82, 2.24) is 20.2 Å². The lowest BCUT2D eigenvalue weighted by molar-refractivity contribution is 0.102. The lowest BCUT2D eigenvalue weighted by Crippen LogP contribution is -2.18. The molecule has 0 atom stereocenters. The Labute approximate surface area is 181 Å². The van der Waals surface area contributed by atoms with Crippen LogP contribution in [0.4, 0.5) is 5.13 Å². The van der Waals surface area contributed by atoms with Crippen LogP contribution < -0.4 is 5.32 Å². The fourth-order valence-electron chi connectivity index (χ4n) is 2.21. The zero-order valence-corrected chi connectivity index (χ0v) is 18.6. The van der Waals surface area contributed by atoms with Crippen molar-refractivity contribution in [2.75, 3.05) is 11.1 Å². The van der Waals surface area contributed by atoms with Gasteiger partial charge in [0.1, 0.15) is 0 Å². The molecule has 8 nitrogen and oxygen atoms in total. The first-order chi connectivity index (χ1) is 13.8. The van der Waals surface area contributed by atoms with Crippen LogP contribution in [0.2, 0.25) is 5.02 Å². The summed E-state index contributed by atoms with van der Waals surface area (Å²) in [4.78, 5) is 20.0. The normalized spacial score (nSPS) is 11.4. The molecule has 0 spiro atoms. The number of benzene rings is 1. The molecule has 1 N–H and O–H groups in total. The van der Waals surface area contributed by atoms with Crippen LogP contribution in [0.5, 0.6) is 0 Å². The van der Waals surface area contributed by atoms with Crippen molar-refractivity contribution in [2.24, 2.45) is 0 Å². The van der Waals surface area contributed by atoms with Gasteiger partial charge in [-0.1, -0.05) is 71.5 Å². The fraction of sp³-hybridized carbons (Fsp3) is 0.235. The molecule has 3 aromatic rings. The average molecular weight is 470 g/mol. The molecule has 29 heavy (non-hydrogen) atoms. The topological polar surface area (TPSA) is 115 Å². The van der Waals surface area contributed by atoms with Gasteiger partial charge in [0.25, 0.3) is 5.91 Å². The molecule has 0 aliphatic heterocycles. The summed E-state index contributed by atoms with van der Waals surface area (Å²) in [7, 11) is -3.67. The molecule has 0 aliphatic carbocycles. The zero-order chi connectivity index (χ0) is 21.0. The van der Waals surface area contributed by atoms with Gasteiger partial charge in [-0.25, -0.2) is 18.4 Å². The molecule has 1 amide bonds. The maximum absolute atomic E-state index is 12.5. The highest BCUT2D eigenvalue weighted by Gasteiger charge is 2.21. The van der Waals surface area contributed by atoms with Crippen LogP contribution in [-0.4, -0.2) is 40.2 Å². The summed E-state index contributed by atoms with van der Waals surface area (Å²) in [6.45, 7) is 3.49. The summed E-state index contributed by atoms with van der Waals surface area (Å²) in [5, 5.41) is 10.3. The molecule has 0 radical (unpaired) electrons. The monoisotopic (exact) mass is 469 g/mol. The minimum absolute atomic E-state index is 0.0592. The highest BCUT2D eigenvalue weighted by molar-refractivity contribution is 8.00. The fourth-order valence-corrected chi connectivity index (χ4v) is 4.78. The standard InChI is InChI=1S/C17H16ClN5O3S3/c1-3-29(25,26)16-19-8-12(18)13(20-16)14(24)21-15-22-23-17(28-15)27-9-11-6-4-5-10(2)7-11/h4-8H,3,9H2,1-2H3,(H,21,22,24). The number of amides is 1. The van der Waals surface area contributed by atoms with E-state index in [2.05, 4.69) is 31.5 Å². The minimum Gasteiger partial charge on any atom is -0.295 e. The van der Waals surface area contributed by atoms with E-state index >= 15 is 0 Å². The first-order valence-corrected chi connectivity index (χ1v) is 12.2. The molecular formula is C17H16ClN5O3S3. The lowest BCUT2D eigenvalue weighted by Gasteiger charge is -2.05. The van der Waals surface area contributed by atoms with Crippen LogP contribution in [-0.2, 0) is 15.6 Å². The van der Waals surface area contributed by atoms with Crippen LogP contribution in [0.1, 0.15) is 28.5 Å². The van der Waals surface area contributed by atoms with Gasteiger partial charge >= 0.3 is 0 Å². The molecule has 12 heteroatoms. The van der Waals surface area contributed by atoms with Gasteiger partial charge < -0.3 is 0 Å².